The van der Waals surface area contributed by atoms with Gasteiger partial charge in [0.15, 0.2) is 0 Å². The van der Waals surface area contributed by atoms with E-state index >= 15 is 0 Å². The molecule has 3 rings (SSSR count). The minimum Gasteiger partial charge on any atom is -0.384 e. The van der Waals surface area contributed by atoms with E-state index in [1.54, 1.807) is 0 Å². The molecular formula is C16H19ClN2. The summed E-state index contributed by atoms with van der Waals surface area (Å²) >= 11 is 6.15. The number of benzene rings is 1. The number of nitrogens with zero attached hydrogens (tertiary/aromatic N) is 1. The molecule has 0 amide bonds. The van der Waals surface area contributed by atoms with Gasteiger partial charge in [0.1, 0.15) is 0 Å². The van der Waals surface area contributed by atoms with E-state index in [9.17, 15) is 0 Å². The lowest BCUT2D eigenvalue weighted by atomic mass is 9.92. The van der Waals surface area contributed by atoms with E-state index in [-0.39, 0.29) is 0 Å². The standard InChI is InChI=1S/C16H19ClN2/c1-2-9-18-16-12-5-3-4-6-14(12)19-15-8-7-11(17)10-13(15)16/h7-8,10H,2-6,9H2,1H3,(H,18,19). The van der Waals surface area contributed by atoms with Crippen molar-refractivity contribution in [2.24, 2.45) is 0 Å². The number of halogens is 1. The Balaban J connectivity index is 2.21. The van der Waals surface area contributed by atoms with Crippen molar-refractivity contribution in [2.75, 3.05) is 11.9 Å². The average Bonchev–Trinajstić information content (AvgIpc) is 2.44. The summed E-state index contributed by atoms with van der Waals surface area (Å²) in [4.78, 5) is 4.83. The zero-order valence-corrected chi connectivity index (χ0v) is 12.1. The first kappa shape index (κ1) is 12.7. The molecule has 1 N–H and O–H groups in total. The molecule has 0 atom stereocenters. The third-order valence-electron chi connectivity index (χ3n) is 3.78. The molecule has 0 spiro atoms. The third kappa shape index (κ3) is 2.42. The van der Waals surface area contributed by atoms with Crippen molar-refractivity contribution in [3.63, 3.8) is 0 Å². The summed E-state index contributed by atoms with van der Waals surface area (Å²) in [6.07, 6.45) is 5.89. The monoisotopic (exact) mass is 274 g/mol. The molecule has 0 aliphatic heterocycles. The molecule has 1 aliphatic carbocycles. The minimum absolute atomic E-state index is 0.782. The number of pyridine rings is 1. The van der Waals surface area contributed by atoms with Gasteiger partial charge in [-0.15, -0.1) is 0 Å². The summed E-state index contributed by atoms with van der Waals surface area (Å²) in [5.74, 6) is 0. The minimum atomic E-state index is 0.782. The molecule has 3 heteroatoms. The summed E-state index contributed by atoms with van der Waals surface area (Å²) in [5, 5.41) is 5.54. The molecule has 0 unspecified atom stereocenters. The Morgan fingerprint density at radius 3 is 2.95 bits per heavy atom. The van der Waals surface area contributed by atoms with Gasteiger partial charge >= 0.3 is 0 Å². The number of aryl methyl sites for hydroxylation is 1. The van der Waals surface area contributed by atoms with E-state index in [0.717, 1.165) is 36.3 Å². The molecule has 19 heavy (non-hydrogen) atoms. The predicted octanol–water partition coefficient (Wildman–Crippen LogP) is 4.59. The molecule has 2 aromatic rings. The highest BCUT2D eigenvalue weighted by molar-refractivity contribution is 6.31. The van der Waals surface area contributed by atoms with Crippen molar-refractivity contribution in [1.29, 1.82) is 0 Å². The Bertz CT molecular complexity index is 607. The van der Waals surface area contributed by atoms with Gasteiger partial charge in [0.05, 0.1) is 5.52 Å². The summed E-state index contributed by atoms with van der Waals surface area (Å²) in [5.41, 5.74) is 5.02. The van der Waals surface area contributed by atoms with Crippen LogP contribution in [0, 0.1) is 0 Å². The second-order valence-corrected chi connectivity index (χ2v) is 5.64. The Morgan fingerprint density at radius 1 is 1.26 bits per heavy atom. The third-order valence-corrected chi connectivity index (χ3v) is 4.01. The van der Waals surface area contributed by atoms with Crippen LogP contribution in [0.25, 0.3) is 10.9 Å². The molecule has 0 bridgehead atoms. The Labute approximate surface area is 119 Å². The molecular weight excluding hydrogens is 256 g/mol. The lowest BCUT2D eigenvalue weighted by Crippen LogP contribution is -2.11. The highest BCUT2D eigenvalue weighted by atomic mass is 35.5. The van der Waals surface area contributed by atoms with Gasteiger partial charge in [-0.25, -0.2) is 0 Å². The molecule has 0 fully saturated rings. The zero-order valence-electron chi connectivity index (χ0n) is 11.3. The Kier molecular flexibility index (Phi) is 3.61. The maximum absolute atomic E-state index is 6.15. The van der Waals surface area contributed by atoms with Crippen molar-refractivity contribution >= 4 is 28.2 Å². The fourth-order valence-corrected chi connectivity index (χ4v) is 3.02. The topological polar surface area (TPSA) is 24.9 Å². The molecule has 1 aromatic heterocycles. The second-order valence-electron chi connectivity index (χ2n) is 5.21. The van der Waals surface area contributed by atoms with Crippen LogP contribution in [0.3, 0.4) is 0 Å². The van der Waals surface area contributed by atoms with Crippen molar-refractivity contribution < 1.29 is 0 Å². The number of nitrogens with one attached hydrogen (secondary N) is 1. The van der Waals surface area contributed by atoms with Gasteiger partial charge in [0.2, 0.25) is 0 Å². The first-order valence-electron chi connectivity index (χ1n) is 7.14. The molecule has 1 heterocycles. The average molecular weight is 275 g/mol. The van der Waals surface area contributed by atoms with E-state index in [4.69, 9.17) is 16.6 Å². The lowest BCUT2D eigenvalue weighted by Gasteiger charge is -2.21. The maximum Gasteiger partial charge on any atom is 0.0727 e. The SMILES string of the molecule is CCCNc1c2c(nc3ccc(Cl)cc13)CCCC2. The fourth-order valence-electron chi connectivity index (χ4n) is 2.85. The number of rotatable bonds is 3. The van der Waals surface area contributed by atoms with Crippen LogP contribution in [0.1, 0.15) is 37.4 Å². The lowest BCUT2D eigenvalue weighted by molar-refractivity contribution is 0.672. The summed E-state index contributed by atoms with van der Waals surface area (Å²) in [6.45, 7) is 3.19. The first-order valence-corrected chi connectivity index (χ1v) is 7.52. The molecule has 0 saturated heterocycles. The van der Waals surface area contributed by atoms with Crippen molar-refractivity contribution in [1.82, 2.24) is 4.98 Å². The molecule has 0 radical (unpaired) electrons. The summed E-state index contributed by atoms with van der Waals surface area (Å²) in [7, 11) is 0. The van der Waals surface area contributed by atoms with E-state index in [2.05, 4.69) is 12.2 Å². The highest BCUT2D eigenvalue weighted by Crippen LogP contribution is 2.34. The summed E-state index contributed by atoms with van der Waals surface area (Å²) < 4.78 is 0. The van der Waals surface area contributed by atoms with Gasteiger partial charge in [-0.05, 0) is 55.9 Å². The van der Waals surface area contributed by atoms with Gasteiger partial charge < -0.3 is 5.32 Å². The Hall–Kier alpha value is -1.28. The molecule has 2 nitrogen and oxygen atoms in total. The van der Waals surface area contributed by atoms with E-state index < -0.39 is 0 Å². The van der Waals surface area contributed by atoms with Crippen molar-refractivity contribution in [3.05, 3.63) is 34.5 Å². The molecule has 100 valence electrons. The number of hydrogen-bond acceptors (Lipinski definition) is 2. The second kappa shape index (κ2) is 5.38. The van der Waals surface area contributed by atoms with E-state index in [1.807, 2.05) is 18.2 Å². The Morgan fingerprint density at radius 2 is 2.11 bits per heavy atom. The van der Waals surface area contributed by atoms with Crippen molar-refractivity contribution in [3.8, 4) is 0 Å². The molecule has 0 saturated carbocycles. The quantitative estimate of drug-likeness (QED) is 0.885. The van der Waals surface area contributed by atoms with Crippen LogP contribution in [-0.2, 0) is 12.8 Å². The smallest absolute Gasteiger partial charge is 0.0727 e. The zero-order chi connectivity index (χ0) is 13.2. The maximum atomic E-state index is 6.15. The van der Waals surface area contributed by atoms with E-state index in [0.29, 0.717) is 0 Å². The number of hydrogen-bond donors (Lipinski definition) is 1. The molecule has 1 aromatic carbocycles. The van der Waals surface area contributed by atoms with Gasteiger partial charge in [-0.3, -0.25) is 4.98 Å². The number of aromatic nitrogens is 1. The van der Waals surface area contributed by atoms with Crippen LogP contribution in [0.15, 0.2) is 18.2 Å². The normalized spacial score (nSPS) is 14.4. The highest BCUT2D eigenvalue weighted by Gasteiger charge is 2.17. The van der Waals surface area contributed by atoms with Crippen LogP contribution in [0.2, 0.25) is 5.02 Å². The van der Waals surface area contributed by atoms with Crippen LogP contribution in [0.4, 0.5) is 5.69 Å². The van der Waals surface area contributed by atoms with Gasteiger partial charge in [0.25, 0.3) is 0 Å². The van der Waals surface area contributed by atoms with Crippen LogP contribution in [-0.4, -0.2) is 11.5 Å². The predicted molar refractivity (Wildman–Crippen MR) is 82.2 cm³/mol. The molecule has 1 aliphatic rings. The van der Waals surface area contributed by atoms with Gasteiger partial charge in [-0.1, -0.05) is 18.5 Å². The van der Waals surface area contributed by atoms with E-state index in [1.165, 1.54) is 35.2 Å². The largest absolute Gasteiger partial charge is 0.384 e. The van der Waals surface area contributed by atoms with Gasteiger partial charge in [-0.2, -0.15) is 0 Å². The van der Waals surface area contributed by atoms with Crippen LogP contribution in [0.5, 0.6) is 0 Å². The van der Waals surface area contributed by atoms with Crippen LogP contribution >= 0.6 is 11.6 Å². The first-order chi connectivity index (χ1) is 9.29. The van der Waals surface area contributed by atoms with Crippen LogP contribution < -0.4 is 5.32 Å². The number of fused-ring (bicyclic) bond motifs is 2. The van der Waals surface area contributed by atoms with Crippen molar-refractivity contribution in [2.45, 2.75) is 39.0 Å². The van der Waals surface area contributed by atoms with Gasteiger partial charge in [0, 0.05) is 28.3 Å². The fraction of sp³-hybridized carbons (Fsp3) is 0.438. The summed E-state index contributed by atoms with van der Waals surface area (Å²) in [6, 6.07) is 6.00. The number of anilines is 1.